The Morgan fingerprint density at radius 2 is 2.11 bits per heavy atom. The molecule has 0 bridgehead atoms. The highest BCUT2D eigenvalue weighted by molar-refractivity contribution is 5.61. The maximum absolute atomic E-state index is 13.1. The molecule has 2 unspecified atom stereocenters. The number of pyridine rings is 1. The number of imidazole rings is 1. The topological polar surface area (TPSA) is 67.1 Å². The highest BCUT2D eigenvalue weighted by atomic mass is 19.4. The van der Waals surface area contributed by atoms with Crippen molar-refractivity contribution < 1.29 is 13.2 Å². The Labute approximate surface area is 160 Å². The number of hydrogen-bond donors (Lipinski definition) is 2. The number of rotatable bonds is 4. The quantitative estimate of drug-likeness (QED) is 0.712. The largest absolute Gasteiger partial charge is 0.395 e. The van der Waals surface area contributed by atoms with E-state index >= 15 is 0 Å². The van der Waals surface area contributed by atoms with Gasteiger partial charge in [-0.2, -0.15) is 13.2 Å². The fourth-order valence-electron chi connectivity index (χ4n) is 3.36. The van der Waals surface area contributed by atoms with Gasteiger partial charge in [-0.25, -0.2) is 15.0 Å². The van der Waals surface area contributed by atoms with Gasteiger partial charge in [0.1, 0.15) is 5.65 Å². The van der Waals surface area contributed by atoms with Crippen LogP contribution in [0.3, 0.4) is 0 Å². The van der Waals surface area contributed by atoms with Gasteiger partial charge in [-0.1, -0.05) is 6.07 Å². The molecule has 4 heterocycles. The molecule has 0 aliphatic carbocycles. The summed E-state index contributed by atoms with van der Waals surface area (Å²) in [5.41, 5.74) is 1.97. The first kappa shape index (κ1) is 18.7. The summed E-state index contributed by atoms with van der Waals surface area (Å²) < 4.78 is 40.9. The van der Waals surface area contributed by atoms with Crippen LogP contribution in [0.25, 0.3) is 17.0 Å². The first-order chi connectivity index (χ1) is 13.4. The Bertz CT molecular complexity index is 962. The van der Waals surface area contributed by atoms with Crippen molar-refractivity contribution >= 4 is 11.6 Å². The van der Waals surface area contributed by atoms with Crippen LogP contribution in [0.2, 0.25) is 0 Å². The second kappa shape index (κ2) is 7.38. The molecule has 1 aliphatic heterocycles. The van der Waals surface area contributed by atoms with Crippen molar-refractivity contribution in [2.24, 2.45) is 0 Å². The van der Waals surface area contributed by atoms with Gasteiger partial charge in [-0.15, -0.1) is 0 Å². The summed E-state index contributed by atoms with van der Waals surface area (Å²) in [4.78, 5) is 13.1. The number of alkyl halides is 3. The Morgan fingerprint density at radius 3 is 2.86 bits per heavy atom. The van der Waals surface area contributed by atoms with E-state index in [0.29, 0.717) is 23.0 Å². The van der Waals surface area contributed by atoms with Crippen LogP contribution < -0.4 is 10.6 Å². The van der Waals surface area contributed by atoms with Crippen molar-refractivity contribution in [2.45, 2.75) is 37.9 Å². The Morgan fingerprint density at radius 1 is 1.25 bits per heavy atom. The zero-order valence-corrected chi connectivity index (χ0v) is 15.4. The van der Waals surface area contributed by atoms with E-state index in [0.717, 1.165) is 32.9 Å². The van der Waals surface area contributed by atoms with Crippen LogP contribution in [0, 0.1) is 0 Å². The molecule has 0 spiro atoms. The van der Waals surface area contributed by atoms with Crippen LogP contribution in [0.1, 0.15) is 31.2 Å². The number of aromatic nitrogens is 4. The van der Waals surface area contributed by atoms with Crippen molar-refractivity contribution in [2.75, 3.05) is 18.4 Å². The normalized spacial score (nSPS) is 18.9. The minimum absolute atomic E-state index is 0.180. The summed E-state index contributed by atoms with van der Waals surface area (Å²) in [6, 6.07) is 5.04. The first-order valence-electron chi connectivity index (χ1n) is 9.26. The molecule has 4 rings (SSSR count). The molecule has 2 atom stereocenters. The molecular formula is C19H21F3N6. The lowest BCUT2D eigenvalue weighted by Gasteiger charge is -2.23. The predicted molar refractivity (Wildman–Crippen MR) is 100 cm³/mol. The Hall–Kier alpha value is -2.68. The number of piperidine rings is 1. The molecule has 148 valence electrons. The minimum Gasteiger partial charge on any atom is -0.350 e. The van der Waals surface area contributed by atoms with E-state index < -0.39 is 12.1 Å². The molecule has 0 aromatic carbocycles. The smallest absolute Gasteiger partial charge is 0.350 e. The van der Waals surface area contributed by atoms with E-state index in [4.69, 9.17) is 0 Å². The number of nitrogens with zero attached hydrogens (tertiary/aromatic N) is 4. The number of nitrogens with one attached hydrogen (secondary N) is 2. The molecule has 9 heteroatoms. The lowest BCUT2D eigenvalue weighted by atomic mass is 10.0. The molecule has 1 saturated heterocycles. The van der Waals surface area contributed by atoms with Crippen molar-refractivity contribution in [3.63, 3.8) is 0 Å². The Balaban J connectivity index is 1.66. The third kappa shape index (κ3) is 3.80. The highest BCUT2D eigenvalue weighted by Crippen LogP contribution is 2.34. The predicted octanol–water partition coefficient (Wildman–Crippen LogP) is 3.62. The molecule has 2 N–H and O–H groups in total. The fraction of sp³-hybridized carbons (Fsp3) is 0.421. The summed E-state index contributed by atoms with van der Waals surface area (Å²) in [7, 11) is 0. The SMILES string of the molecule is CC(c1ccc2ncc(-c3ccnc(NC4CCCNC4)n3)n2c1)C(F)(F)F. The van der Waals surface area contributed by atoms with E-state index in [1.807, 2.05) is 0 Å². The van der Waals surface area contributed by atoms with E-state index in [2.05, 4.69) is 25.6 Å². The summed E-state index contributed by atoms with van der Waals surface area (Å²) in [6.45, 7) is 3.02. The van der Waals surface area contributed by atoms with Crippen molar-refractivity contribution in [1.82, 2.24) is 24.7 Å². The van der Waals surface area contributed by atoms with E-state index in [-0.39, 0.29) is 11.6 Å². The molecule has 0 radical (unpaired) electrons. The monoisotopic (exact) mass is 390 g/mol. The molecule has 1 fully saturated rings. The molecule has 3 aromatic heterocycles. The van der Waals surface area contributed by atoms with Gasteiger partial charge in [0, 0.05) is 25.0 Å². The first-order valence-corrected chi connectivity index (χ1v) is 9.26. The lowest BCUT2D eigenvalue weighted by molar-refractivity contribution is -0.146. The molecule has 0 saturated carbocycles. The van der Waals surface area contributed by atoms with Crippen LogP contribution in [0.4, 0.5) is 19.1 Å². The standard InChI is InChI=1S/C19H21F3N6/c1-12(19(20,21)22)13-4-5-17-25-10-16(28(17)11-13)15-6-8-24-18(27-15)26-14-3-2-7-23-9-14/h4-6,8,10-12,14,23H,2-3,7,9H2,1H3,(H,24,26,27). The van der Waals surface area contributed by atoms with Gasteiger partial charge in [0.15, 0.2) is 0 Å². The maximum Gasteiger partial charge on any atom is 0.395 e. The molecular weight excluding hydrogens is 369 g/mol. The third-order valence-corrected chi connectivity index (χ3v) is 5.07. The van der Waals surface area contributed by atoms with Crippen LogP contribution in [-0.4, -0.2) is 44.7 Å². The summed E-state index contributed by atoms with van der Waals surface area (Å²) in [5, 5.41) is 6.64. The van der Waals surface area contributed by atoms with Crippen LogP contribution in [0.5, 0.6) is 0 Å². The van der Waals surface area contributed by atoms with Crippen LogP contribution in [0.15, 0.2) is 36.8 Å². The fourth-order valence-corrected chi connectivity index (χ4v) is 3.36. The van der Waals surface area contributed by atoms with Gasteiger partial charge >= 0.3 is 6.18 Å². The maximum atomic E-state index is 13.1. The zero-order chi connectivity index (χ0) is 19.7. The number of hydrogen-bond acceptors (Lipinski definition) is 5. The third-order valence-electron chi connectivity index (χ3n) is 5.07. The molecule has 1 aliphatic rings. The molecule has 0 amide bonds. The second-order valence-electron chi connectivity index (χ2n) is 7.05. The molecule has 6 nitrogen and oxygen atoms in total. The zero-order valence-electron chi connectivity index (χ0n) is 15.4. The van der Waals surface area contributed by atoms with E-state index in [1.54, 1.807) is 28.9 Å². The molecule has 28 heavy (non-hydrogen) atoms. The van der Waals surface area contributed by atoms with Gasteiger partial charge in [0.05, 0.1) is 23.5 Å². The summed E-state index contributed by atoms with van der Waals surface area (Å²) >= 11 is 0. The van der Waals surface area contributed by atoms with E-state index in [9.17, 15) is 13.2 Å². The lowest BCUT2D eigenvalue weighted by Crippen LogP contribution is -2.38. The average molecular weight is 390 g/mol. The highest BCUT2D eigenvalue weighted by Gasteiger charge is 2.37. The molecule has 3 aromatic rings. The number of fused-ring (bicyclic) bond motifs is 1. The van der Waals surface area contributed by atoms with Gasteiger partial charge < -0.3 is 10.6 Å². The Kier molecular flexibility index (Phi) is 4.92. The second-order valence-corrected chi connectivity index (χ2v) is 7.05. The average Bonchev–Trinajstić information content (AvgIpc) is 3.11. The minimum atomic E-state index is -4.30. The van der Waals surface area contributed by atoms with Gasteiger partial charge in [0.25, 0.3) is 0 Å². The van der Waals surface area contributed by atoms with Gasteiger partial charge in [-0.3, -0.25) is 4.40 Å². The van der Waals surface area contributed by atoms with Crippen LogP contribution in [-0.2, 0) is 0 Å². The van der Waals surface area contributed by atoms with Gasteiger partial charge in [-0.05, 0) is 44.0 Å². The van der Waals surface area contributed by atoms with Crippen molar-refractivity contribution in [1.29, 1.82) is 0 Å². The van der Waals surface area contributed by atoms with E-state index in [1.165, 1.54) is 12.3 Å². The van der Waals surface area contributed by atoms with Crippen molar-refractivity contribution in [3.8, 4) is 11.4 Å². The number of halogens is 3. The summed E-state index contributed by atoms with van der Waals surface area (Å²) in [6.07, 6.45) is 2.57. The summed E-state index contributed by atoms with van der Waals surface area (Å²) in [5.74, 6) is -1.06. The van der Waals surface area contributed by atoms with Gasteiger partial charge in [0.2, 0.25) is 5.95 Å². The van der Waals surface area contributed by atoms with Crippen LogP contribution >= 0.6 is 0 Å². The number of anilines is 1. The van der Waals surface area contributed by atoms with Crippen molar-refractivity contribution in [3.05, 3.63) is 42.4 Å².